The number of rotatable bonds is 3. The van der Waals surface area contributed by atoms with Crippen LogP contribution in [0.2, 0.25) is 0 Å². The van der Waals surface area contributed by atoms with Gasteiger partial charge >= 0.3 is 5.97 Å². The first-order chi connectivity index (χ1) is 8.89. The maximum atomic E-state index is 11.6. The van der Waals surface area contributed by atoms with Crippen LogP contribution in [0.15, 0.2) is 24.3 Å². The molecular formula is C13H16O5S. The number of hydrogen-bond acceptors (Lipinski definition) is 4. The lowest BCUT2D eigenvalue weighted by atomic mass is 9.84. The molecule has 0 aliphatic carbocycles. The van der Waals surface area contributed by atoms with Gasteiger partial charge in [0.05, 0.1) is 17.4 Å². The molecule has 2 unspecified atom stereocenters. The molecule has 0 bridgehead atoms. The molecule has 1 aliphatic heterocycles. The van der Waals surface area contributed by atoms with E-state index in [1.165, 1.54) is 24.3 Å². The van der Waals surface area contributed by atoms with Gasteiger partial charge in [-0.05, 0) is 36.5 Å². The highest BCUT2D eigenvalue weighted by Gasteiger charge is 2.35. The maximum absolute atomic E-state index is 11.6. The summed E-state index contributed by atoms with van der Waals surface area (Å²) in [6.45, 7) is 0. The SMILES string of the molecule is O=C(O)C(c1ccc(O)cc1)C1CCCS(=O)(=O)C1. The summed E-state index contributed by atoms with van der Waals surface area (Å²) in [6.07, 6.45) is 1.10. The largest absolute Gasteiger partial charge is 0.508 e. The lowest BCUT2D eigenvalue weighted by Gasteiger charge is -2.27. The van der Waals surface area contributed by atoms with Crippen LogP contribution >= 0.6 is 0 Å². The summed E-state index contributed by atoms with van der Waals surface area (Å²) < 4.78 is 23.3. The zero-order chi connectivity index (χ0) is 14.0. The number of aromatic hydroxyl groups is 1. The van der Waals surface area contributed by atoms with Crippen molar-refractivity contribution in [2.24, 2.45) is 5.92 Å². The second-order valence-corrected chi connectivity index (χ2v) is 7.15. The lowest BCUT2D eigenvalue weighted by Crippen LogP contribution is -2.32. The van der Waals surface area contributed by atoms with E-state index in [1.807, 2.05) is 0 Å². The summed E-state index contributed by atoms with van der Waals surface area (Å²) in [5, 5.41) is 18.6. The molecule has 1 heterocycles. The molecule has 19 heavy (non-hydrogen) atoms. The minimum atomic E-state index is -3.14. The Bertz CT molecular complexity index is 561. The second kappa shape index (κ2) is 5.21. The monoisotopic (exact) mass is 284 g/mol. The summed E-state index contributed by atoms with van der Waals surface area (Å²) in [6, 6.07) is 5.91. The first-order valence-corrected chi connectivity index (χ1v) is 7.93. The fraction of sp³-hybridized carbons (Fsp3) is 0.462. The average Bonchev–Trinajstić information content (AvgIpc) is 2.30. The van der Waals surface area contributed by atoms with E-state index in [-0.39, 0.29) is 17.3 Å². The number of benzene rings is 1. The van der Waals surface area contributed by atoms with Crippen molar-refractivity contribution in [1.82, 2.24) is 0 Å². The van der Waals surface area contributed by atoms with Crippen molar-refractivity contribution in [3.05, 3.63) is 29.8 Å². The van der Waals surface area contributed by atoms with Crippen LogP contribution in [0.3, 0.4) is 0 Å². The third kappa shape index (κ3) is 3.26. The molecular weight excluding hydrogens is 268 g/mol. The van der Waals surface area contributed by atoms with Crippen molar-refractivity contribution < 1.29 is 23.4 Å². The van der Waals surface area contributed by atoms with Crippen LogP contribution in [0.4, 0.5) is 0 Å². The Morgan fingerprint density at radius 1 is 1.26 bits per heavy atom. The molecule has 0 spiro atoms. The predicted octanol–water partition coefficient (Wildman–Crippen LogP) is 1.39. The standard InChI is InChI=1S/C13H16O5S/c14-11-5-3-9(4-6-11)12(13(15)16)10-2-1-7-19(17,18)8-10/h3-6,10,12,14H,1-2,7-8H2,(H,15,16). The Balaban J connectivity index is 2.30. The van der Waals surface area contributed by atoms with Gasteiger partial charge in [0.2, 0.25) is 0 Å². The zero-order valence-electron chi connectivity index (χ0n) is 10.3. The van der Waals surface area contributed by atoms with Crippen molar-refractivity contribution in [2.45, 2.75) is 18.8 Å². The summed E-state index contributed by atoms with van der Waals surface area (Å²) in [7, 11) is -3.14. The van der Waals surface area contributed by atoms with Gasteiger partial charge in [0.25, 0.3) is 0 Å². The number of carboxylic acids is 1. The van der Waals surface area contributed by atoms with E-state index in [9.17, 15) is 23.4 Å². The van der Waals surface area contributed by atoms with Gasteiger partial charge in [-0.3, -0.25) is 4.79 Å². The van der Waals surface area contributed by atoms with Crippen LogP contribution in [0.1, 0.15) is 24.3 Å². The van der Waals surface area contributed by atoms with Gasteiger partial charge in [-0.1, -0.05) is 12.1 Å². The minimum absolute atomic E-state index is 0.0594. The van der Waals surface area contributed by atoms with Crippen molar-refractivity contribution in [1.29, 1.82) is 0 Å². The van der Waals surface area contributed by atoms with Crippen LogP contribution in [-0.4, -0.2) is 36.1 Å². The zero-order valence-corrected chi connectivity index (χ0v) is 11.1. The molecule has 2 N–H and O–H groups in total. The van der Waals surface area contributed by atoms with E-state index >= 15 is 0 Å². The van der Waals surface area contributed by atoms with Crippen LogP contribution in [0.25, 0.3) is 0 Å². The van der Waals surface area contributed by atoms with E-state index < -0.39 is 27.6 Å². The van der Waals surface area contributed by atoms with Gasteiger partial charge in [0.1, 0.15) is 5.75 Å². The van der Waals surface area contributed by atoms with E-state index in [0.717, 1.165) is 0 Å². The Morgan fingerprint density at radius 2 is 1.89 bits per heavy atom. The Labute approximate surface area is 111 Å². The fourth-order valence-electron chi connectivity index (χ4n) is 2.62. The van der Waals surface area contributed by atoms with Gasteiger partial charge in [-0.2, -0.15) is 0 Å². The van der Waals surface area contributed by atoms with Crippen LogP contribution in [0.5, 0.6) is 5.75 Å². The first kappa shape index (κ1) is 13.9. The molecule has 0 aromatic heterocycles. The first-order valence-electron chi connectivity index (χ1n) is 6.11. The topological polar surface area (TPSA) is 91.7 Å². The van der Waals surface area contributed by atoms with Crippen LogP contribution in [-0.2, 0) is 14.6 Å². The molecule has 6 heteroatoms. The molecule has 1 fully saturated rings. The Morgan fingerprint density at radius 3 is 2.42 bits per heavy atom. The molecule has 0 saturated carbocycles. The molecule has 1 aliphatic rings. The molecule has 5 nitrogen and oxygen atoms in total. The summed E-state index contributed by atoms with van der Waals surface area (Å²) >= 11 is 0. The van der Waals surface area contributed by atoms with Gasteiger partial charge in [0.15, 0.2) is 9.84 Å². The molecule has 1 aromatic rings. The quantitative estimate of drug-likeness (QED) is 0.875. The third-order valence-corrected chi connectivity index (χ3v) is 5.33. The number of hydrogen-bond donors (Lipinski definition) is 2. The van der Waals surface area contributed by atoms with E-state index in [1.54, 1.807) is 0 Å². The molecule has 0 amide bonds. The van der Waals surface area contributed by atoms with Crippen LogP contribution < -0.4 is 0 Å². The smallest absolute Gasteiger partial charge is 0.311 e. The molecule has 1 saturated heterocycles. The number of sulfone groups is 1. The maximum Gasteiger partial charge on any atom is 0.311 e. The van der Waals surface area contributed by atoms with Gasteiger partial charge in [0, 0.05) is 0 Å². The van der Waals surface area contributed by atoms with Crippen molar-refractivity contribution >= 4 is 15.8 Å². The number of phenols is 1. The van der Waals surface area contributed by atoms with Gasteiger partial charge < -0.3 is 10.2 Å². The van der Waals surface area contributed by atoms with Crippen molar-refractivity contribution in [2.75, 3.05) is 11.5 Å². The molecule has 1 aromatic carbocycles. The van der Waals surface area contributed by atoms with E-state index in [2.05, 4.69) is 0 Å². The van der Waals surface area contributed by atoms with Gasteiger partial charge in [-0.15, -0.1) is 0 Å². The van der Waals surface area contributed by atoms with Crippen molar-refractivity contribution in [3.63, 3.8) is 0 Å². The fourth-order valence-corrected chi connectivity index (χ4v) is 4.40. The molecule has 104 valence electrons. The Hall–Kier alpha value is -1.56. The highest BCUT2D eigenvalue weighted by molar-refractivity contribution is 7.91. The number of carboxylic acid groups (broad SMARTS) is 1. The highest BCUT2D eigenvalue weighted by atomic mass is 32.2. The predicted molar refractivity (Wildman–Crippen MR) is 69.9 cm³/mol. The normalized spacial score (nSPS) is 23.7. The van der Waals surface area contributed by atoms with E-state index in [0.29, 0.717) is 18.4 Å². The average molecular weight is 284 g/mol. The van der Waals surface area contributed by atoms with Crippen LogP contribution in [0, 0.1) is 5.92 Å². The summed E-state index contributed by atoms with van der Waals surface area (Å²) in [5.74, 6) is -2.13. The number of phenolic OH excluding ortho intramolecular Hbond substituents is 1. The highest BCUT2D eigenvalue weighted by Crippen LogP contribution is 2.33. The van der Waals surface area contributed by atoms with Crippen molar-refractivity contribution in [3.8, 4) is 5.75 Å². The summed E-state index contributed by atoms with van der Waals surface area (Å²) in [4.78, 5) is 11.4. The third-order valence-electron chi connectivity index (χ3n) is 3.49. The number of aliphatic carboxylic acids is 1. The van der Waals surface area contributed by atoms with E-state index in [4.69, 9.17) is 0 Å². The molecule has 2 atom stereocenters. The second-order valence-electron chi connectivity index (χ2n) is 4.92. The van der Waals surface area contributed by atoms with Gasteiger partial charge in [-0.25, -0.2) is 8.42 Å². The Kier molecular flexibility index (Phi) is 3.80. The summed E-state index contributed by atoms with van der Waals surface area (Å²) in [5.41, 5.74) is 0.535. The number of carbonyl (C=O) groups is 1. The molecule has 2 rings (SSSR count). The lowest BCUT2D eigenvalue weighted by molar-refractivity contribution is -0.140. The minimum Gasteiger partial charge on any atom is -0.508 e. The molecule has 0 radical (unpaired) electrons.